The SMILES string of the molecule is CN(c1nccnc1N)C(C)(C)C. The Morgan fingerprint density at radius 2 is 1.77 bits per heavy atom. The smallest absolute Gasteiger partial charge is 0.171 e. The highest BCUT2D eigenvalue weighted by Gasteiger charge is 2.20. The van der Waals surface area contributed by atoms with Crippen LogP contribution in [0.25, 0.3) is 0 Å². The molecule has 0 aliphatic rings. The summed E-state index contributed by atoms with van der Waals surface area (Å²) in [5, 5.41) is 0. The van der Waals surface area contributed by atoms with E-state index in [0.717, 1.165) is 5.82 Å². The molecule has 0 spiro atoms. The lowest BCUT2D eigenvalue weighted by Crippen LogP contribution is -2.39. The third-order valence-corrected chi connectivity index (χ3v) is 2.03. The van der Waals surface area contributed by atoms with Crippen molar-refractivity contribution in [3.63, 3.8) is 0 Å². The molecule has 1 aromatic heterocycles. The minimum absolute atomic E-state index is 0.00412. The van der Waals surface area contributed by atoms with Gasteiger partial charge in [-0.25, -0.2) is 9.97 Å². The van der Waals surface area contributed by atoms with Gasteiger partial charge in [-0.05, 0) is 20.8 Å². The maximum atomic E-state index is 5.70. The summed E-state index contributed by atoms with van der Waals surface area (Å²) in [5.74, 6) is 1.20. The second kappa shape index (κ2) is 3.20. The van der Waals surface area contributed by atoms with Crippen LogP contribution < -0.4 is 10.6 Å². The lowest BCUT2D eigenvalue weighted by molar-refractivity contribution is 0.534. The zero-order valence-electron chi connectivity index (χ0n) is 8.57. The Balaban J connectivity index is 3.02. The molecule has 0 unspecified atom stereocenters. The fourth-order valence-corrected chi connectivity index (χ4v) is 0.918. The van der Waals surface area contributed by atoms with Gasteiger partial charge in [-0.1, -0.05) is 0 Å². The molecule has 0 amide bonds. The number of hydrogen-bond acceptors (Lipinski definition) is 4. The standard InChI is InChI=1S/C9H16N4/c1-9(2,3)13(4)8-7(10)11-5-6-12-8/h5-6H,1-4H3,(H2,10,11). The summed E-state index contributed by atoms with van der Waals surface area (Å²) < 4.78 is 0. The van der Waals surface area contributed by atoms with Gasteiger partial charge in [-0.15, -0.1) is 0 Å². The molecule has 72 valence electrons. The normalized spacial score (nSPS) is 11.4. The summed E-state index contributed by atoms with van der Waals surface area (Å²) in [4.78, 5) is 10.2. The predicted octanol–water partition coefficient (Wildman–Crippen LogP) is 1.29. The first-order valence-corrected chi connectivity index (χ1v) is 4.23. The zero-order chi connectivity index (χ0) is 10.1. The second-order valence-corrected chi connectivity index (χ2v) is 4.00. The quantitative estimate of drug-likeness (QED) is 0.707. The average Bonchev–Trinajstić information content (AvgIpc) is 2.02. The first kappa shape index (κ1) is 9.77. The van der Waals surface area contributed by atoms with Crippen LogP contribution in [-0.4, -0.2) is 22.6 Å². The van der Waals surface area contributed by atoms with Crippen LogP contribution in [0.3, 0.4) is 0 Å². The van der Waals surface area contributed by atoms with Crippen LogP contribution in [0.4, 0.5) is 11.6 Å². The zero-order valence-corrected chi connectivity index (χ0v) is 8.57. The topological polar surface area (TPSA) is 55.0 Å². The first-order chi connectivity index (χ1) is 5.93. The molecule has 0 aliphatic heterocycles. The fraction of sp³-hybridized carbons (Fsp3) is 0.556. The number of rotatable bonds is 1. The summed E-state index contributed by atoms with van der Waals surface area (Å²) in [6.07, 6.45) is 3.24. The van der Waals surface area contributed by atoms with Crippen molar-refractivity contribution in [3.05, 3.63) is 12.4 Å². The van der Waals surface area contributed by atoms with Crippen LogP contribution in [0.1, 0.15) is 20.8 Å². The van der Waals surface area contributed by atoms with Crippen molar-refractivity contribution < 1.29 is 0 Å². The van der Waals surface area contributed by atoms with Gasteiger partial charge in [0.05, 0.1) is 0 Å². The molecule has 13 heavy (non-hydrogen) atoms. The number of nitrogen functional groups attached to an aromatic ring is 1. The fourth-order valence-electron chi connectivity index (χ4n) is 0.918. The Morgan fingerprint density at radius 1 is 1.23 bits per heavy atom. The van der Waals surface area contributed by atoms with E-state index >= 15 is 0 Å². The van der Waals surface area contributed by atoms with Gasteiger partial charge in [-0.2, -0.15) is 0 Å². The minimum Gasteiger partial charge on any atom is -0.381 e. The van der Waals surface area contributed by atoms with Gasteiger partial charge in [0.1, 0.15) is 0 Å². The highest BCUT2D eigenvalue weighted by atomic mass is 15.2. The van der Waals surface area contributed by atoms with Crippen molar-refractivity contribution in [1.29, 1.82) is 0 Å². The molecule has 0 saturated carbocycles. The van der Waals surface area contributed by atoms with E-state index in [2.05, 4.69) is 30.7 Å². The van der Waals surface area contributed by atoms with E-state index in [0.29, 0.717) is 5.82 Å². The van der Waals surface area contributed by atoms with E-state index in [1.807, 2.05) is 11.9 Å². The van der Waals surface area contributed by atoms with Crippen molar-refractivity contribution >= 4 is 11.6 Å². The third-order valence-electron chi connectivity index (χ3n) is 2.03. The van der Waals surface area contributed by atoms with Gasteiger partial charge in [0.2, 0.25) is 0 Å². The Kier molecular flexibility index (Phi) is 2.40. The van der Waals surface area contributed by atoms with Gasteiger partial charge in [0.25, 0.3) is 0 Å². The highest BCUT2D eigenvalue weighted by Crippen LogP contribution is 2.22. The number of nitrogens with zero attached hydrogens (tertiary/aromatic N) is 3. The van der Waals surface area contributed by atoms with E-state index in [1.165, 1.54) is 0 Å². The molecule has 0 fully saturated rings. The molecular formula is C9H16N4. The lowest BCUT2D eigenvalue weighted by Gasteiger charge is -2.33. The maximum absolute atomic E-state index is 5.70. The van der Waals surface area contributed by atoms with Gasteiger partial charge in [0, 0.05) is 25.0 Å². The molecule has 1 heterocycles. The van der Waals surface area contributed by atoms with Crippen molar-refractivity contribution in [2.24, 2.45) is 0 Å². The summed E-state index contributed by atoms with van der Waals surface area (Å²) in [5.41, 5.74) is 5.71. The van der Waals surface area contributed by atoms with Crippen LogP contribution in [0.2, 0.25) is 0 Å². The average molecular weight is 180 g/mol. The highest BCUT2D eigenvalue weighted by molar-refractivity contribution is 5.57. The predicted molar refractivity (Wildman–Crippen MR) is 54.6 cm³/mol. The Bertz CT molecular complexity index is 290. The van der Waals surface area contributed by atoms with Gasteiger partial charge in [0.15, 0.2) is 11.6 Å². The van der Waals surface area contributed by atoms with Crippen LogP contribution in [0, 0.1) is 0 Å². The molecule has 0 aliphatic carbocycles. The van der Waals surface area contributed by atoms with E-state index in [4.69, 9.17) is 5.73 Å². The summed E-state index contributed by atoms with van der Waals surface area (Å²) in [6, 6.07) is 0. The molecular weight excluding hydrogens is 164 g/mol. The lowest BCUT2D eigenvalue weighted by atomic mass is 10.1. The molecule has 0 saturated heterocycles. The van der Waals surface area contributed by atoms with E-state index < -0.39 is 0 Å². The first-order valence-electron chi connectivity index (χ1n) is 4.23. The number of anilines is 2. The van der Waals surface area contributed by atoms with Gasteiger partial charge < -0.3 is 10.6 Å². The Morgan fingerprint density at radius 3 is 2.23 bits per heavy atom. The molecule has 1 rings (SSSR count). The number of hydrogen-bond donors (Lipinski definition) is 1. The van der Waals surface area contributed by atoms with Crippen LogP contribution in [-0.2, 0) is 0 Å². The molecule has 4 heteroatoms. The van der Waals surface area contributed by atoms with Crippen LogP contribution >= 0.6 is 0 Å². The van der Waals surface area contributed by atoms with Crippen LogP contribution in [0.5, 0.6) is 0 Å². The third kappa shape index (κ3) is 2.08. The molecule has 0 atom stereocenters. The summed E-state index contributed by atoms with van der Waals surface area (Å²) >= 11 is 0. The van der Waals surface area contributed by atoms with Crippen molar-refractivity contribution in [3.8, 4) is 0 Å². The largest absolute Gasteiger partial charge is 0.381 e. The molecule has 1 aromatic rings. The summed E-state index contributed by atoms with van der Waals surface area (Å²) in [7, 11) is 1.96. The maximum Gasteiger partial charge on any atom is 0.171 e. The van der Waals surface area contributed by atoms with E-state index in [9.17, 15) is 0 Å². The second-order valence-electron chi connectivity index (χ2n) is 4.00. The minimum atomic E-state index is 0.00412. The monoisotopic (exact) mass is 180 g/mol. The van der Waals surface area contributed by atoms with E-state index in [-0.39, 0.29) is 5.54 Å². The molecule has 0 radical (unpaired) electrons. The summed E-state index contributed by atoms with van der Waals surface area (Å²) in [6.45, 7) is 6.30. The van der Waals surface area contributed by atoms with Gasteiger partial charge >= 0.3 is 0 Å². The number of aromatic nitrogens is 2. The molecule has 4 nitrogen and oxygen atoms in total. The molecule has 0 aromatic carbocycles. The van der Waals surface area contributed by atoms with Crippen LogP contribution in [0.15, 0.2) is 12.4 Å². The number of nitrogens with two attached hydrogens (primary N) is 1. The molecule has 0 bridgehead atoms. The van der Waals surface area contributed by atoms with Crippen molar-refractivity contribution in [1.82, 2.24) is 9.97 Å². The van der Waals surface area contributed by atoms with Crippen molar-refractivity contribution in [2.75, 3.05) is 17.7 Å². The van der Waals surface area contributed by atoms with Gasteiger partial charge in [-0.3, -0.25) is 0 Å². The Labute approximate surface area is 78.8 Å². The Hall–Kier alpha value is -1.32. The van der Waals surface area contributed by atoms with E-state index in [1.54, 1.807) is 12.4 Å². The molecule has 2 N–H and O–H groups in total. The van der Waals surface area contributed by atoms with Crippen molar-refractivity contribution in [2.45, 2.75) is 26.3 Å².